The van der Waals surface area contributed by atoms with Crippen molar-refractivity contribution in [3.63, 3.8) is 0 Å². The van der Waals surface area contributed by atoms with E-state index in [0.717, 1.165) is 12.2 Å². The molecule has 0 atom stereocenters. The number of unbranched alkanes of at least 4 members (excludes halogenated alkanes) is 6. The summed E-state index contributed by atoms with van der Waals surface area (Å²) in [6, 6.07) is 16.3. The maximum Gasteiger partial charge on any atom is 0.297 e. The predicted molar refractivity (Wildman–Crippen MR) is 124 cm³/mol. The van der Waals surface area contributed by atoms with Crippen molar-refractivity contribution in [1.29, 1.82) is 0 Å². The molecule has 0 aliphatic heterocycles. The van der Waals surface area contributed by atoms with Crippen LogP contribution in [-0.4, -0.2) is 34.8 Å². The minimum absolute atomic E-state index is 0.0233. The average molecular weight is 449 g/mol. The topological polar surface area (TPSA) is 61.8 Å². The summed E-state index contributed by atoms with van der Waals surface area (Å²) < 4.78 is 40.0. The highest BCUT2D eigenvalue weighted by atomic mass is 32.2. The standard InChI is InChI=1S/C25H36O5S/c1-2-3-4-5-6-7-9-12-23-15-17-24(18-16-23)29-21-19-28-20-22-30-31(26,27)25-13-10-8-11-14-25/h8,10-11,13-18H,2-7,9,12,19-22H2,1H3. The number of hydrogen-bond acceptors (Lipinski definition) is 5. The van der Waals surface area contributed by atoms with E-state index in [-0.39, 0.29) is 18.1 Å². The summed E-state index contributed by atoms with van der Waals surface area (Å²) >= 11 is 0. The molecule has 0 spiro atoms. The number of ether oxygens (including phenoxy) is 2. The highest BCUT2D eigenvalue weighted by molar-refractivity contribution is 7.86. The minimum Gasteiger partial charge on any atom is -0.491 e. The zero-order valence-corrected chi connectivity index (χ0v) is 19.4. The van der Waals surface area contributed by atoms with Crippen molar-refractivity contribution in [3.8, 4) is 5.75 Å². The molecule has 172 valence electrons. The van der Waals surface area contributed by atoms with Gasteiger partial charge in [-0.15, -0.1) is 0 Å². The van der Waals surface area contributed by atoms with Gasteiger partial charge < -0.3 is 9.47 Å². The van der Waals surface area contributed by atoms with Crippen molar-refractivity contribution in [1.82, 2.24) is 0 Å². The molecule has 2 aromatic rings. The first kappa shape index (κ1) is 25.4. The lowest BCUT2D eigenvalue weighted by molar-refractivity contribution is 0.0779. The maximum absolute atomic E-state index is 12.0. The van der Waals surface area contributed by atoms with Crippen LogP contribution in [0.2, 0.25) is 0 Å². The van der Waals surface area contributed by atoms with Gasteiger partial charge in [-0.2, -0.15) is 8.42 Å². The number of benzene rings is 2. The van der Waals surface area contributed by atoms with Gasteiger partial charge in [0, 0.05) is 0 Å². The number of hydrogen-bond donors (Lipinski definition) is 0. The Morgan fingerprint density at radius 1 is 0.710 bits per heavy atom. The summed E-state index contributed by atoms with van der Waals surface area (Å²) in [7, 11) is -3.73. The highest BCUT2D eigenvalue weighted by Crippen LogP contribution is 2.15. The van der Waals surface area contributed by atoms with Crippen LogP contribution in [0.25, 0.3) is 0 Å². The van der Waals surface area contributed by atoms with E-state index >= 15 is 0 Å². The molecule has 0 saturated carbocycles. The Hall–Kier alpha value is -1.89. The second-order valence-corrected chi connectivity index (χ2v) is 9.18. The van der Waals surface area contributed by atoms with E-state index < -0.39 is 10.1 Å². The first-order valence-corrected chi connectivity index (χ1v) is 12.8. The van der Waals surface area contributed by atoms with Gasteiger partial charge in [-0.25, -0.2) is 0 Å². The van der Waals surface area contributed by atoms with Crippen LogP contribution in [0.3, 0.4) is 0 Å². The van der Waals surface area contributed by atoms with E-state index in [1.165, 1.54) is 62.6 Å². The van der Waals surface area contributed by atoms with Gasteiger partial charge in [-0.1, -0.05) is 75.8 Å². The summed E-state index contributed by atoms with van der Waals surface area (Å²) in [5.41, 5.74) is 1.34. The van der Waals surface area contributed by atoms with Gasteiger partial charge in [-0.05, 0) is 42.7 Å². The number of rotatable bonds is 17. The monoisotopic (exact) mass is 448 g/mol. The molecule has 0 aliphatic carbocycles. The Labute approximate surface area is 187 Å². The van der Waals surface area contributed by atoms with Crippen LogP contribution in [0.1, 0.15) is 57.4 Å². The van der Waals surface area contributed by atoms with E-state index in [2.05, 4.69) is 19.1 Å². The first-order chi connectivity index (χ1) is 15.1. The molecule has 0 radical (unpaired) electrons. The lowest BCUT2D eigenvalue weighted by Gasteiger charge is -2.09. The van der Waals surface area contributed by atoms with Gasteiger partial charge in [0.1, 0.15) is 12.4 Å². The van der Waals surface area contributed by atoms with Crippen molar-refractivity contribution < 1.29 is 22.1 Å². The molecule has 2 aromatic carbocycles. The van der Waals surface area contributed by atoms with Crippen LogP contribution in [0.4, 0.5) is 0 Å². The van der Waals surface area contributed by atoms with Gasteiger partial charge in [0.15, 0.2) is 0 Å². The Kier molecular flexibility index (Phi) is 12.3. The highest BCUT2D eigenvalue weighted by Gasteiger charge is 2.13. The average Bonchev–Trinajstić information content (AvgIpc) is 2.79. The zero-order chi connectivity index (χ0) is 22.2. The summed E-state index contributed by atoms with van der Waals surface area (Å²) in [6.07, 6.45) is 10.4. The second kappa shape index (κ2) is 15.0. The van der Waals surface area contributed by atoms with Crippen LogP contribution in [-0.2, 0) is 25.5 Å². The van der Waals surface area contributed by atoms with Crippen molar-refractivity contribution in [2.45, 2.75) is 63.2 Å². The Morgan fingerprint density at radius 3 is 2.06 bits per heavy atom. The molecular weight excluding hydrogens is 412 g/mol. The molecular formula is C25H36O5S. The summed E-state index contributed by atoms with van der Waals surface area (Å²) in [6.45, 7) is 3.19. The molecule has 0 fully saturated rings. The lowest BCUT2D eigenvalue weighted by atomic mass is 10.0. The summed E-state index contributed by atoms with van der Waals surface area (Å²) in [4.78, 5) is 0.147. The fraction of sp³-hybridized carbons (Fsp3) is 0.520. The molecule has 0 saturated heterocycles. The molecule has 0 aliphatic rings. The maximum atomic E-state index is 12.0. The summed E-state index contributed by atoms with van der Waals surface area (Å²) in [5, 5.41) is 0. The van der Waals surface area contributed by atoms with Gasteiger partial charge in [0.2, 0.25) is 0 Å². The molecule has 6 heteroatoms. The largest absolute Gasteiger partial charge is 0.491 e. The van der Waals surface area contributed by atoms with Gasteiger partial charge in [0.25, 0.3) is 10.1 Å². The van der Waals surface area contributed by atoms with E-state index in [1.54, 1.807) is 18.2 Å². The third-order valence-electron chi connectivity index (χ3n) is 4.99. The van der Waals surface area contributed by atoms with E-state index in [9.17, 15) is 8.42 Å². The third kappa shape index (κ3) is 10.8. The minimum atomic E-state index is -3.73. The van der Waals surface area contributed by atoms with Gasteiger partial charge in [0.05, 0.1) is 24.7 Å². The second-order valence-electron chi connectivity index (χ2n) is 7.57. The SMILES string of the molecule is CCCCCCCCCc1ccc(OCCOCCOS(=O)(=O)c2ccccc2)cc1. The van der Waals surface area contributed by atoms with E-state index in [0.29, 0.717) is 13.2 Å². The smallest absolute Gasteiger partial charge is 0.297 e. The first-order valence-electron chi connectivity index (χ1n) is 11.4. The molecule has 31 heavy (non-hydrogen) atoms. The van der Waals surface area contributed by atoms with E-state index in [4.69, 9.17) is 13.7 Å². The van der Waals surface area contributed by atoms with Crippen molar-refractivity contribution in [3.05, 3.63) is 60.2 Å². The van der Waals surface area contributed by atoms with Gasteiger partial charge >= 0.3 is 0 Å². The molecule has 5 nitrogen and oxygen atoms in total. The van der Waals surface area contributed by atoms with Crippen LogP contribution in [0, 0.1) is 0 Å². The van der Waals surface area contributed by atoms with Crippen LogP contribution < -0.4 is 4.74 Å². The lowest BCUT2D eigenvalue weighted by Crippen LogP contribution is -2.14. The molecule has 0 bridgehead atoms. The Morgan fingerprint density at radius 2 is 1.35 bits per heavy atom. The number of aryl methyl sites for hydroxylation is 1. The summed E-state index contributed by atoms with van der Waals surface area (Å²) in [5.74, 6) is 0.815. The molecule has 0 unspecified atom stereocenters. The molecule has 0 N–H and O–H groups in total. The van der Waals surface area contributed by atoms with Crippen molar-refractivity contribution >= 4 is 10.1 Å². The fourth-order valence-electron chi connectivity index (χ4n) is 3.22. The molecule has 2 rings (SSSR count). The zero-order valence-electron chi connectivity index (χ0n) is 18.6. The molecule has 0 heterocycles. The van der Waals surface area contributed by atoms with Crippen molar-refractivity contribution in [2.75, 3.05) is 26.4 Å². The van der Waals surface area contributed by atoms with Crippen LogP contribution >= 0.6 is 0 Å². The Balaban J connectivity index is 1.51. The normalized spacial score (nSPS) is 11.5. The molecule has 0 aromatic heterocycles. The van der Waals surface area contributed by atoms with E-state index in [1.807, 2.05) is 12.1 Å². The van der Waals surface area contributed by atoms with Crippen LogP contribution in [0.5, 0.6) is 5.75 Å². The van der Waals surface area contributed by atoms with Crippen LogP contribution in [0.15, 0.2) is 59.5 Å². The fourth-order valence-corrected chi connectivity index (χ4v) is 4.13. The van der Waals surface area contributed by atoms with Gasteiger partial charge in [-0.3, -0.25) is 4.18 Å². The third-order valence-corrected chi connectivity index (χ3v) is 6.31. The molecule has 0 amide bonds. The Bertz CT molecular complexity index is 804. The van der Waals surface area contributed by atoms with Crippen molar-refractivity contribution in [2.24, 2.45) is 0 Å². The quantitative estimate of drug-likeness (QED) is 0.227. The predicted octanol–water partition coefficient (Wildman–Crippen LogP) is 5.78.